The molecular formula is C18H20N2O. The van der Waals surface area contributed by atoms with Crippen LogP contribution < -0.4 is 5.32 Å². The van der Waals surface area contributed by atoms with Crippen molar-refractivity contribution in [2.45, 2.75) is 50.1 Å². The smallest absolute Gasteiger partial charge is 0.208 e. The standard InChI is InChI=1S/C18H20N2O/c1-2-4-13-11(3-1)5-8-14-17(13)18(14)15-9-20-16(21-15)10-19-12-6-7-12/h1-4,9,12,14,17-19H,5-8,10H2. The molecule has 1 aromatic heterocycles. The van der Waals surface area contributed by atoms with Gasteiger partial charge in [-0.25, -0.2) is 4.98 Å². The molecule has 3 atom stereocenters. The summed E-state index contributed by atoms with van der Waals surface area (Å²) in [6.45, 7) is 0.781. The second-order valence-electron chi connectivity index (χ2n) is 6.76. The molecule has 108 valence electrons. The van der Waals surface area contributed by atoms with Gasteiger partial charge in [0.05, 0.1) is 12.7 Å². The van der Waals surface area contributed by atoms with Gasteiger partial charge in [0.25, 0.3) is 0 Å². The fourth-order valence-electron chi connectivity index (χ4n) is 4.03. The molecule has 0 spiro atoms. The van der Waals surface area contributed by atoms with Crippen LogP contribution in [-0.2, 0) is 13.0 Å². The largest absolute Gasteiger partial charge is 0.444 e. The van der Waals surface area contributed by atoms with E-state index in [0.717, 1.165) is 24.1 Å². The third kappa shape index (κ3) is 2.03. The van der Waals surface area contributed by atoms with Gasteiger partial charge in [-0.1, -0.05) is 24.3 Å². The van der Waals surface area contributed by atoms with E-state index in [9.17, 15) is 0 Å². The summed E-state index contributed by atoms with van der Waals surface area (Å²) in [5.74, 6) is 3.98. The average Bonchev–Trinajstić information content (AvgIpc) is 3.43. The minimum atomic E-state index is 0.566. The molecular weight excluding hydrogens is 260 g/mol. The monoisotopic (exact) mass is 280 g/mol. The van der Waals surface area contributed by atoms with Crippen LogP contribution in [-0.4, -0.2) is 11.0 Å². The van der Waals surface area contributed by atoms with Gasteiger partial charge in [0, 0.05) is 12.0 Å². The fraction of sp³-hybridized carbons (Fsp3) is 0.500. The second-order valence-corrected chi connectivity index (χ2v) is 6.76. The molecule has 2 saturated carbocycles. The molecule has 0 radical (unpaired) electrons. The molecule has 0 saturated heterocycles. The summed E-state index contributed by atoms with van der Waals surface area (Å²) in [6.07, 6.45) is 7.09. The van der Waals surface area contributed by atoms with Crippen LogP contribution >= 0.6 is 0 Å². The Kier molecular flexibility index (Phi) is 2.53. The van der Waals surface area contributed by atoms with Crippen LogP contribution in [0, 0.1) is 5.92 Å². The van der Waals surface area contributed by atoms with E-state index in [2.05, 4.69) is 34.6 Å². The number of aryl methyl sites for hydroxylation is 1. The molecule has 0 amide bonds. The van der Waals surface area contributed by atoms with Gasteiger partial charge < -0.3 is 9.73 Å². The number of aromatic nitrogens is 1. The molecule has 0 aliphatic heterocycles. The summed E-state index contributed by atoms with van der Waals surface area (Å²) in [5, 5.41) is 3.47. The van der Waals surface area contributed by atoms with Crippen molar-refractivity contribution in [3.05, 3.63) is 53.2 Å². The van der Waals surface area contributed by atoms with E-state index in [0.29, 0.717) is 17.9 Å². The number of rotatable bonds is 4. The molecule has 3 aliphatic carbocycles. The molecule has 3 heteroatoms. The first-order chi connectivity index (χ1) is 10.4. The number of oxazole rings is 1. The molecule has 1 heterocycles. The zero-order valence-corrected chi connectivity index (χ0v) is 12.1. The lowest BCUT2D eigenvalue weighted by Gasteiger charge is -2.13. The molecule has 3 nitrogen and oxygen atoms in total. The van der Waals surface area contributed by atoms with E-state index >= 15 is 0 Å². The van der Waals surface area contributed by atoms with Gasteiger partial charge >= 0.3 is 0 Å². The molecule has 2 aromatic rings. The summed E-state index contributed by atoms with van der Waals surface area (Å²) >= 11 is 0. The molecule has 0 bridgehead atoms. The average molecular weight is 280 g/mol. The van der Waals surface area contributed by atoms with Crippen LogP contribution in [0.3, 0.4) is 0 Å². The summed E-state index contributed by atoms with van der Waals surface area (Å²) in [4.78, 5) is 4.46. The van der Waals surface area contributed by atoms with E-state index in [-0.39, 0.29) is 0 Å². The topological polar surface area (TPSA) is 38.1 Å². The maximum atomic E-state index is 6.02. The van der Waals surface area contributed by atoms with Crippen LogP contribution in [0.15, 0.2) is 34.9 Å². The highest BCUT2D eigenvalue weighted by atomic mass is 16.4. The Labute approximate surface area is 124 Å². The number of benzene rings is 1. The van der Waals surface area contributed by atoms with E-state index in [4.69, 9.17) is 4.42 Å². The predicted octanol–water partition coefficient (Wildman–Crippen LogP) is 3.37. The van der Waals surface area contributed by atoms with Crippen molar-refractivity contribution in [3.8, 4) is 0 Å². The first-order valence-corrected chi connectivity index (χ1v) is 8.16. The summed E-state index contributed by atoms with van der Waals surface area (Å²) in [6, 6.07) is 9.62. The number of nitrogens with one attached hydrogen (secondary N) is 1. The SMILES string of the molecule is c1ccc2c(c1)CCC1C(c3cnc(CNC4CC4)o3)C21. The molecule has 1 aromatic carbocycles. The van der Waals surface area contributed by atoms with Crippen LogP contribution in [0.1, 0.15) is 53.9 Å². The lowest BCUT2D eigenvalue weighted by atomic mass is 9.92. The normalized spacial score (nSPS) is 29.8. The first-order valence-electron chi connectivity index (χ1n) is 8.16. The van der Waals surface area contributed by atoms with Gasteiger partial charge in [0.2, 0.25) is 5.89 Å². The Morgan fingerprint density at radius 1 is 1.14 bits per heavy atom. The summed E-state index contributed by atoms with van der Waals surface area (Å²) in [7, 11) is 0. The van der Waals surface area contributed by atoms with E-state index in [1.54, 1.807) is 5.56 Å². The molecule has 1 N–H and O–H groups in total. The maximum absolute atomic E-state index is 6.02. The van der Waals surface area contributed by atoms with Crippen LogP contribution in [0.4, 0.5) is 0 Å². The number of nitrogens with zero attached hydrogens (tertiary/aromatic N) is 1. The van der Waals surface area contributed by atoms with E-state index in [1.807, 2.05) is 6.20 Å². The maximum Gasteiger partial charge on any atom is 0.208 e. The molecule has 5 rings (SSSR count). The Bertz CT molecular complexity index is 673. The highest BCUT2D eigenvalue weighted by molar-refractivity contribution is 5.43. The summed E-state index contributed by atoms with van der Waals surface area (Å²) < 4.78 is 6.02. The van der Waals surface area contributed by atoms with Crippen molar-refractivity contribution >= 4 is 0 Å². The lowest BCUT2D eigenvalue weighted by molar-refractivity contribution is 0.430. The zero-order valence-electron chi connectivity index (χ0n) is 12.1. The minimum Gasteiger partial charge on any atom is -0.444 e. The number of fused-ring (bicyclic) bond motifs is 3. The second kappa shape index (κ2) is 4.44. The Balaban J connectivity index is 1.35. The zero-order chi connectivity index (χ0) is 13.8. The minimum absolute atomic E-state index is 0.566. The molecule has 21 heavy (non-hydrogen) atoms. The van der Waals surface area contributed by atoms with E-state index in [1.165, 1.54) is 31.2 Å². The van der Waals surface area contributed by atoms with Gasteiger partial charge in [-0.3, -0.25) is 0 Å². The van der Waals surface area contributed by atoms with Gasteiger partial charge in [0.1, 0.15) is 5.76 Å². The quantitative estimate of drug-likeness (QED) is 0.933. The molecule has 2 fully saturated rings. The van der Waals surface area contributed by atoms with Crippen molar-refractivity contribution in [1.82, 2.24) is 10.3 Å². The van der Waals surface area contributed by atoms with Gasteiger partial charge in [-0.05, 0) is 48.6 Å². The first kappa shape index (κ1) is 12.0. The molecule has 3 unspecified atom stereocenters. The number of hydrogen-bond acceptors (Lipinski definition) is 3. The van der Waals surface area contributed by atoms with Crippen molar-refractivity contribution < 1.29 is 4.42 Å². The highest BCUT2D eigenvalue weighted by Gasteiger charge is 2.55. The van der Waals surface area contributed by atoms with Crippen molar-refractivity contribution in [3.63, 3.8) is 0 Å². The fourth-order valence-corrected chi connectivity index (χ4v) is 4.03. The summed E-state index contributed by atoms with van der Waals surface area (Å²) in [5.41, 5.74) is 3.09. The van der Waals surface area contributed by atoms with Gasteiger partial charge in [-0.2, -0.15) is 0 Å². The van der Waals surface area contributed by atoms with E-state index < -0.39 is 0 Å². The van der Waals surface area contributed by atoms with Crippen LogP contribution in [0.5, 0.6) is 0 Å². The third-order valence-electron chi connectivity index (χ3n) is 5.35. The number of hydrogen-bond donors (Lipinski definition) is 1. The van der Waals surface area contributed by atoms with Crippen molar-refractivity contribution in [2.24, 2.45) is 5.92 Å². The Hall–Kier alpha value is -1.61. The van der Waals surface area contributed by atoms with Gasteiger partial charge in [-0.15, -0.1) is 0 Å². The van der Waals surface area contributed by atoms with Crippen molar-refractivity contribution in [1.29, 1.82) is 0 Å². The van der Waals surface area contributed by atoms with Crippen molar-refractivity contribution in [2.75, 3.05) is 0 Å². The third-order valence-corrected chi connectivity index (χ3v) is 5.35. The van der Waals surface area contributed by atoms with Gasteiger partial charge in [0.15, 0.2) is 0 Å². The highest BCUT2D eigenvalue weighted by Crippen LogP contribution is 2.65. The van der Waals surface area contributed by atoms with Crippen LogP contribution in [0.2, 0.25) is 0 Å². The Morgan fingerprint density at radius 2 is 2.05 bits per heavy atom. The Morgan fingerprint density at radius 3 is 2.95 bits per heavy atom. The predicted molar refractivity (Wildman–Crippen MR) is 80.1 cm³/mol. The molecule has 3 aliphatic rings. The van der Waals surface area contributed by atoms with Crippen LogP contribution in [0.25, 0.3) is 0 Å². The lowest BCUT2D eigenvalue weighted by Crippen LogP contribution is -2.15.